The van der Waals surface area contributed by atoms with E-state index in [0.717, 1.165) is 42.4 Å². The number of hydrogen-bond donors (Lipinski definition) is 1. The molecule has 0 aromatic heterocycles. The van der Waals surface area contributed by atoms with E-state index in [9.17, 15) is 9.59 Å². The fourth-order valence-corrected chi connectivity index (χ4v) is 6.05. The molecule has 43 heavy (non-hydrogen) atoms. The van der Waals surface area contributed by atoms with Crippen LogP contribution in [0.3, 0.4) is 0 Å². The molecule has 3 aromatic carbocycles. The van der Waals surface area contributed by atoms with Crippen LogP contribution in [0, 0.1) is 0 Å². The maximum atomic E-state index is 14.1. The topological polar surface area (TPSA) is 67.9 Å². The summed E-state index contributed by atoms with van der Waals surface area (Å²) in [5.41, 5.74) is 2.68. The summed E-state index contributed by atoms with van der Waals surface area (Å²) < 4.78 is 11.5. The van der Waals surface area contributed by atoms with Crippen molar-refractivity contribution in [3.8, 4) is 11.5 Å². The first kappa shape index (κ1) is 32.7. The Morgan fingerprint density at radius 2 is 1.60 bits per heavy atom. The van der Waals surface area contributed by atoms with Gasteiger partial charge in [0, 0.05) is 35.5 Å². The zero-order valence-corrected chi connectivity index (χ0v) is 26.6. The number of nitrogens with zero attached hydrogens (tertiary/aromatic N) is 1. The van der Waals surface area contributed by atoms with Gasteiger partial charge in [-0.25, -0.2) is 0 Å². The number of hydrogen-bond acceptors (Lipinski definition) is 4. The number of aryl methyl sites for hydroxylation is 1. The minimum Gasteiger partial charge on any atom is -0.490 e. The van der Waals surface area contributed by atoms with E-state index in [1.807, 2.05) is 68.4 Å². The van der Waals surface area contributed by atoms with Gasteiger partial charge in [0.05, 0.1) is 13.2 Å². The minimum atomic E-state index is -0.706. The van der Waals surface area contributed by atoms with Crippen molar-refractivity contribution >= 4 is 35.0 Å². The number of halogens is 2. The Kier molecular flexibility index (Phi) is 12.6. The summed E-state index contributed by atoms with van der Waals surface area (Å²) in [7, 11) is 0. The van der Waals surface area contributed by atoms with E-state index in [2.05, 4.69) is 5.32 Å². The summed E-state index contributed by atoms with van der Waals surface area (Å²) in [5, 5.41) is 4.26. The molecule has 2 amide bonds. The molecule has 3 aromatic rings. The van der Waals surface area contributed by atoms with Crippen molar-refractivity contribution in [1.29, 1.82) is 0 Å². The van der Waals surface area contributed by atoms with Gasteiger partial charge in [0.1, 0.15) is 6.04 Å². The quantitative estimate of drug-likeness (QED) is 0.199. The number of nitrogens with one attached hydrogen (secondary N) is 1. The third-order valence-corrected chi connectivity index (χ3v) is 8.40. The van der Waals surface area contributed by atoms with E-state index in [1.54, 1.807) is 17.0 Å². The van der Waals surface area contributed by atoms with Crippen LogP contribution in [-0.2, 0) is 29.0 Å². The molecule has 1 N–H and O–H groups in total. The minimum absolute atomic E-state index is 0.122. The molecule has 0 radical (unpaired) electrons. The Balaban J connectivity index is 1.62. The van der Waals surface area contributed by atoms with E-state index >= 15 is 0 Å². The van der Waals surface area contributed by atoms with Crippen LogP contribution in [0.1, 0.15) is 69.1 Å². The lowest BCUT2D eigenvalue weighted by molar-refractivity contribution is -0.141. The van der Waals surface area contributed by atoms with Gasteiger partial charge in [-0.1, -0.05) is 84.9 Å². The Bertz CT molecular complexity index is 1340. The summed E-state index contributed by atoms with van der Waals surface area (Å²) in [4.78, 5) is 29.8. The molecule has 0 heterocycles. The molecular formula is C35H42Cl2N2O4. The molecule has 6 nitrogen and oxygen atoms in total. The number of ether oxygens (including phenoxy) is 2. The van der Waals surface area contributed by atoms with E-state index in [0.29, 0.717) is 47.6 Å². The van der Waals surface area contributed by atoms with Gasteiger partial charge in [-0.15, -0.1) is 0 Å². The predicted octanol–water partition coefficient (Wildman–Crippen LogP) is 7.81. The molecular weight excluding hydrogens is 583 g/mol. The van der Waals surface area contributed by atoms with Gasteiger partial charge >= 0.3 is 0 Å². The van der Waals surface area contributed by atoms with Gasteiger partial charge in [-0.2, -0.15) is 0 Å². The Labute approximate surface area is 265 Å². The van der Waals surface area contributed by atoms with E-state index in [1.165, 1.54) is 6.42 Å². The van der Waals surface area contributed by atoms with Crippen molar-refractivity contribution in [1.82, 2.24) is 10.2 Å². The molecule has 1 fully saturated rings. The second kappa shape index (κ2) is 16.6. The molecule has 0 bridgehead atoms. The molecule has 4 rings (SSSR count). The van der Waals surface area contributed by atoms with Crippen molar-refractivity contribution in [2.75, 3.05) is 13.2 Å². The lowest BCUT2D eigenvalue weighted by Gasteiger charge is -2.34. The van der Waals surface area contributed by atoms with Gasteiger partial charge in [0.25, 0.3) is 0 Å². The van der Waals surface area contributed by atoms with Crippen LogP contribution in [0.5, 0.6) is 11.5 Å². The zero-order valence-electron chi connectivity index (χ0n) is 25.1. The Morgan fingerprint density at radius 3 is 2.30 bits per heavy atom. The third-order valence-electron chi connectivity index (χ3n) is 7.81. The average molecular weight is 626 g/mol. The summed E-state index contributed by atoms with van der Waals surface area (Å²) in [6, 6.07) is 20.3. The molecule has 0 unspecified atom stereocenters. The van der Waals surface area contributed by atoms with Crippen molar-refractivity contribution < 1.29 is 19.1 Å². The first-order chi connectivity index (χ1) is 20.9. The highest BCUT2D eigenvalue weighted by molar-refractivity contribution is 6.35. The van der Waals surface area contributed by atoms with Crippen molar-refractivity contribution in [3.63, 3.8) is 0 Å². The molecule has 1 aliphatic rings. The molecule has 0 spiro atoms. The first-order valence-corrected chi connectivity index (χ1v) is 16.1. The van der Waals surface area contributed by atoms with E-state index in [-0.39, 0.29) is 30.8 Å². The fourth-order valence-electron chi connectivity index (χ4n) is 5.58. The summed E-state index contributed by atoms with van der Waals surface area (Å²) in [6.45, 7) is 5.09. The van der Waals surface area contributed by atoms with E-state index in [4.69, 9.17) is 32.7 Å². The zero-order chi connectivity index (χ0) is 30.6. The van der Waals surface area contributed by atoms with Crippen LogP contribution >= 0.6 is 23.2 Å². The van der Waals surface area contributed by atoms with Gasteiger partial charge in [-0.05, 0) is 74.1 Å². The maximum Gasteiger partial charge on any atom is 0.243 e. The molecule has 0 aliphatic heterocycles. The largest absolute Gasteiger partial charge is 0.490 e. The number of carbonyl (C=O) groups is 2. The maximum absolute atomic E-state index is 14.1. The molecule has 230 valence electrons. The van der Waals surface area contributed by atoms with Gasteiger partial charge < -0.3 is 19.7 Å². The van der Waals surface area contributed by atoms with Crippen molar-refractivity contribution in [2.45, 2.75) is 83.8 Å². The van der Waals surface area contributed by atoms with Crippen molar-refractivity contribution in [3.05, 3.63) is 93.5 Å². The predicted molar refractivity (Wildman–Crippen MR) is 173 cm³/mol. The third kappa shape index (κ3) is 9.64. The second-order valence-corrected chi connectivity index (χ2v) is 11.8. The number of benzene rings is 3. The number of rotatable bonds is 14. The molecule has 8 heteroatoms. The van der Waals surface area contributed by atoms with Crippen LogP contribution in [0.15, 0.2) is 66.7 Å². The van der Waals surface area contributed by atoms with Crippen molar-refractivity contribution in [2.24, 2.45) is 0 Å². The van der Waals surface area contributed by atoms with Crippen LogP contribution in [0.25, 0.3) is 0 Å². The van der Waals surface area contributed by atoms with Crippen LogP contribution < -0.4 is 14.8 Å². The summed E-state index contributed by atoms with van der Waals surface area (Å²) in [5.74, 6) is 1.08. The number of carbonyl (C=O) groups excluding carboxylic acids is 2. The molecule has 1 saturated carbocycles. The standard InChI is InChI=1S/C35H42Cl2N2O4/c1-3-42-32-19-15-26(22-33(32)43-4-2)16-20-34(40)39(24-27-17-18-28(36)23-30(27)37)31(21-25-11-7-5-8-12-25)35(41)38-29-13-9-6-10-14-29/h5,7-8,11-12,15,17-19,22-23,29,31H,3-4,6,9-10,13-14,16,20-21,24H2,1-2H3,(H,38,41)/t31-/m0/s1. The summed E-state index contributed by atoms with van der Waals surface area (Å²) >= 11 is 12.8. The van der Waals surface area contributed by atoms with Gasteiger partial charge in [-0.3, -0.25) is 9.59 Å². The Morgan fingerprint density at radius 1 is 0.884 bits per heavy atom. The van der Waals surface area contributed by atoms with Crippen LogP contribution in [0.4, 0.5) is 0 Å². The van der Waals surface area contributed by atoms with Crippen LogP contribution in [0.2, 0.25) is 10.0 Å². The SMILES string of the molecule is CCOc1ccc(CCC(=O)N(Cc2ccc(Cl)cc2Cl)[C@@H](Cc2ccccc2)C(=O)NC2CCCCC2)cc1OCC. The smallest absolute Gasteiger partial charge is 0.243 e. The lowest BCUT2D eigenvalue weighted by Crippen LogP contribution is -2.53. The molecule has 1 aliphatic carbocycles. The lowest BCUT2D eigenvalue weighted by atomic mass is 9.94. The average Bonchev–Trinajstić information content (AvgIpc) is 3.01. The van der Waals surface area contributed by atoms with Crippen LogP contribution in [-0.4, -0.2) is 42.0 Å². The Hall–Kier alpha value is -3.22. The normalized spacial score (nSPS) is 14.1. The number of amides is 2. The fraction of sp³-hybridized carbons (Fsp3) is 0.429. The highest BCUT2D eigenvalue weighted by Crippen LogP contribution is 2.30. The monoisotopic (exact) mass is 624 g/mol. The van der Waals surface area contributed by atoms with Gasteiger partial charge in [0.15, 0.2) is 11.5 Å². The van der Waals surface area contributed by atoms with E-state index < -0.39 is 6.04 Å². The summed E-state index contributed by atoms with van der Waals surface area (Å²) in [6.07, 6.45) is 6.41. The highest BCUT2D eigenvalue weighted by Gasteiger charge is 2.32. The first-order valence-electron chi connectivity index (χ1n) is 15.3. The molecule has 1 atom stereocenters. The highest BCUT2D eigenvalue weighted by atomic mass is 35.5. The second-order valence-electron chi connectivity index (χ2n) is 11.0. The van der Waals surface area contributed by atoms with Gasteiger partial charge in [0.2, 0.25) is 11.8 Å². The molecule has 0 saturated heterocycles.